The van der Waals surface area contributed by atoms with Crippen molar-refractivity contribution >= 4 is 16.7 Å². The van der Waals surface area contributed by atoms with Crippen molar-refractivity contribution in [2.24, 2.45) is 5.41 Å². The highest BCUT2D eigenvalue weighted by molar-refractivity contribution is 5.78. The van der Waals surface area contributed by atoms with Crippen LogP contribution < -0.4 is 11.0 Å². The Morgan fingerprint density at radius 2 is 2.05 bits per heavy atom. The van der Waals surface area contributed by atoms with Crippen molar-refractivity contribution in [3.05, 3.63) is 28.7 Å². The third-order valence-electron chi connectivity index (χ3n) is 3.20. The summed E-state index contributed by atoms with van der Waals surface area (Å²) < 4.78 is 0. The van der Waals surface area contributed by atoms with Crippen LogP contribution in [-0.4, -0.2) is 16.5 Å². The van der Waals surface area contributed by atoms with Gasteiger partial charge in [0.2, 0.25) is 0 Å². The third kappa shape index (κ3) is 3.38. The van der Waals surface area contributed by atoms with Crippen molar-refractivity contribution in [3.63, 3.8) is 0 Å². The third-order valence-corrected chi connectivity index (χ3v) is 3.20. The van der Waals surface area contributed by atoms with Gasteiger partial charge in [-0.25, -0.2) is 4.79 Å². The quantitative estimate of drug-likeness (QED) is 0.770. The molecule has 0 bridgehead atoms. The predicted octanol–water partition coefficient (Wildman–Crippen LogP) is 2.60. The first kappa shape index (κ1) is 13.2. The molecule has 0 unspecified atom stereocenters. The van der Waals surface area contributed by atoms with Crippen molar-refractivity contribution in [3.8, 4) is 6.07 Å². The first-order chi connectivity index (χ1) is 9.00. The number of fused-ring (bicyclic) bond motifs is 1. The number of hydrogen-bond acceptors (Lipinski definition) is 3. The average Bonchev–Trinajstić information content (AvgIpc) is 2.73. The number of rotatable bonds is 5. The highest BCUT2D eigenvalue weighted by Crippen LogP contribution is 2.23. The van der Waals surface area contributed by atoms with Gasteiger partial charge in [0.25, 0.3) is 0 Å². The molecule has 0 atom stereocenters. The summed E-state index contributed by atoms with van der Waals surface area (Å²) in [6, 6.07) is 7.90. The van der Waals surface area contributed by atoms with Gasteiger partial charge in [0, 0.05) is 18.7 Å². The molecule has 0 aliphatic rings. The summed E-state index contributed by atoms with van der Waals surface area (Å²) in [6.45, 7) is 5.05. The fraction of sp³-hybridized carbons (Fsp3) is 0.429. The Kier molecular flexibility index (Phi) is 3.61. The zero-order valence-electron chi connectivity index (χ0n) is 11.2. The van der Waals surface area contributed by atoms with Gasteiger partial charge < -0.3 is 15.3 Å². The Labute approximate surface area is 111 Å². The number of nitriles is 1. The number of aromatic nitrogens is 2. The van der Waals surface area contributed by atoms with E-state index in [0.717, 1.165) is 29.7 Å². The molecule has 2 rings (SSSR count). The van der Waals surface area contributed by atoms with Gasteiger partial charge in [-0.2, -0.15) is 5.26 Å². The van der Waals surface area contributed by atoms with Crippen LogP contribution >= 0.6 is 0 Å². The van der Waals surface area contributed by atoms with Crippen LogP contribution in [0.2, 0.25) is 0 Å². The number of anilines is 1. The van der Waals surface area contributed by atoms with Crippen molar-refractivity contribution in [2.75, 3.05) is 11.9 Å². The summed E-state index contributed by atoms with van der Waals surface area (Å²) in [6.07, 6.45) is 1.43. The fourth-order valence-electron chi connectivity index (χ4n) is 1.97. The molecule has 0 amide bonds. The molecule has 1 heterocycles. The molecule has 0 aliphatic heterocycles. The van der Waals surface area contributed by atoms with Crippen LogP contribution in [0.5, 0.6) is 0 Å². The summed E-state index contributed by atoms with van der Waals surface area (Å²) in [5.74, 6) is 0. The molecular weight excluding hydrogens is 240 g/mol. The van der Waals surface area contributed by atoms with Crippen LogP contribution in [-0.2, 0) is 0 Å². The van der Waals surface area contributed by atoms with Gasteiger partial charge in [0.1, 0.15) is 0 Å². The van der Waals surface area contributed by atoms with E-state index < -0.39 is 0 Å². The van der Waals surface area contributed by atoms with E-state index >= 15 is 0 Å². The molecule has 1 aromatic carbocycles. The number of hydrogen-bond donors (Lipinski definition) is 3. The van der Waals surface area contributed by atoms with Crippen LogP contribution in [0.3, 0.4) is 0 Å². The van der Waals surface area contributed by atoms with Crippen LogP contribution in [0.1, 0.15) is 26.7 Å². The molecule has 100 valence electrons. The maximum Gasteiger partial charge on any atom is 0.323 e. The Morgan fingerprint density at radius 3 is 2.79 bits per heavy atom. The van der Waals surface area contributed by atoms with E-state index in [1.807, 2.05) is 18.2 Å². The Morgan fingerprint density at radius 1 is 1.32 bits per heavy atom. The van der Waals surface area contributed by atoms with Gasteiger partial charge in [0.05, 0.1) is 17.1 Å². The molecule has 0 saturated carbocycles. The summed E-state index contributed by atoms with van der Waals surface area (Å²) in [5.41, 5.74) is 2.44. The second-order valence-electron chi connectivity index (χ2n) is 5.52. The van der Waals surface area contributed by atoms with E-state index in [0.29, 0.717) is 6.42 Å². The minimum absolute atomic E-state index is 0.0657. The first-order valence-electron chi connectivity index (χ1n) is 6.33. The highest BCUT2D eigenvalue weighted by Gasteiger charge is 2.17. The summed E-state index contributed by atoms with van der Waals surface area (Å²) in [7, 11) is 0. The maximum absolute atomic E-state index is 11.2. The monoisotopic (exact) mass is 258 g/mol. The molecule has 0 aliphatic carbocycles. The minimum Gasteiger partial charge on any atom is -0.384 e. The van der Waals surface area contributed by atoms with Gasteiger partial charge >= 0.3 is 5.69 Å². The van der Waals surface area contributed by atoms with E-state index in [1.54, 1.807) is 0 Å². The van der Waals surface area contributed by atoms with Crippen molar-refractivity contribution < 1.29 is 0 Å². The maximum atomic E-state index is 11.2. The molecule has 1 aromatic heterocycles. The zero-order chi connectivity index (χ0) is 13.9. The van der Waals surface area contributed by atoms with Crippen LogP contribution in [0.25, 0.3) is 11.0 Å². The molecule has 3 N–H and O–H groups in total. The van der Waals surface area contributed by atoms with Gasteiger partial charge in [-0.05, 0) is 30.0 Å². The van der Waals surface area contributed by atoms with E-state index in [2.05, 4.69) is 35.2 Å². The smallest absolute Gasteiger partial charge is 0.323 e. The van der Waals surface area contributed by atoms with Gasteiger partial charge in [0.15, 0.2) is 0 Å². The lowest BCUT2D eigenvalue weighted by Crippen LogP contribution is -2.22. The number of H-pyrrole nitrogens is 2. The second-order valence-corrected chi connectivity index (χ2v) is 5.52. The molecule has 0 fully saturated rings. The largest absolute Gasteiger partial charge is 0.384 e. The predicted molar refractivity (Wildman–Crippen MR) is 76.0 cm³/mol. The SMILES string of the molecule is CC(C)(CCC#N)CNc1ccc2[nH]c(=O)[nH]c2c1. The van der Waals surface area contributed by atoms with Crippen LogP contribution in [0.15, 0.2) is 23.0 Å². The Bertz CT molecular complexity index is 660. The van der Waals surface area contributed by atoms with E-state index in [4.69, 9.17) is 5.26 Å². The number of aromatic amines is 2. The number of nitrogens with zero attached hydrogens (tertiary/aromatic N) is 1. The summed E-state index contributed by atoms with van der Waals surface area (Å²) >= 11 is 0. The second kappa shape index (κ2) is 5.19. The van der Waals surface area contributed by atoms with Crippen molar-refractivity contribution in [1.82, 2.24) is 9.97 Å². The summed E-state index contributed by atoms with van der Waals surface area (Å²) in [4.78, 5) is 16.6. The fourth-order valence-corrected chi connectivity index (χ4v) is 1.97. The molecule has 5 heteroatoms. The molecule has 0 spiro atoms. The lowest BCUT2D eigenvalue weighted by molar-refractivity contribution is 0.364. The molecule has 5 nitrogen and oxygen atoms in total. The van der Waals surface area contributed by atoms with Gasteiger partial charge in [-0.1, -0.05) is 13.8 Å². The number of nitrogens with one attached hydrogen (secondary N) is 3. The lowest BCUT2D eigenvalue weighted by atomic mass is 9.88. The van der Waals surface area contributed by atoms with E-state index in [1.165, 1.54) is 0 Å². The molecule has 19 heavy (non-hydrogen) atoms. The highest BCUT2D eigenvalue weighted by atomic mass is 16.1. The van der Waals surface area contributed by atoms with Gasteiger partial charge in [-0.15, -0.1) is 0 Å². The number of imidazole rings is 1. The normalized spacial score (nSPS) is 11.4. The molecule has 0 radical (unpaired) electrons. The van der Waals surface area contributed by atoms with Gasteiger partial charge in [-0.3, -0.25) is 0 Å². The standard InChI is InChI=1S/C14H18N4O/c1-14(2,6-3-7-15)9-16-10-4-5-11-12(8-10)18-13(19)17-11/h4-5,8,16H,3,6,9H2,1-2H3,(H2,17,18,19). The molecular formula is C14H18N4O. The minimum atomic E-state index is -0.193. The Hall–Kier alpha value is -2.22. The summed E-state index contributed by atoms with van der Waals surface area (Å²) in [5, 5.41) is 12.0. The molecule has 2 aromatic rings. The average molecular weight is 258 g/mol. The first-order valence-corrected chi connectivity index (χ1v) is 6.33. The zero-order valence-corrected chi connectivity index (χ0v) is 11.2. The van der Waals surface area contributed by atoms with E-state index in [9.17, 15) is 4.79 Å². The van der Waals surface area contributed by atoms with Crippen LogP contribution in [0, 0.1) is 16.7 Å². The van der Waals surface area contributed by atoms with E-state index in [-0.39, 0.29) is 11.1 Å². The van der Waals surface area contributed by atoms with Crippen molar-refractivity contribution in [2.45, 2.75) is 26.7 Å². The van der Waals surface area contributed by atoms with Crippen LogP contribution in [0.4, 0.5) is 5.69 Å². The Balaban J connectivity index is 2.05. The molecule has 0 saturated heterocycles. The van der Waals surface area contributed by atoms with Crippen molar-refractivity contribution in [1.29, 1.82) is 5.26 Å². The number of benzene rings is 1. The topological polar surface area (TPSA) is 84.5 Å². The lowest BCUT2D eigenvalue weighted by Gasteiger charge is -2.24.